The Kier molecular flexibility index (Phi) is 2.93. The number of amides is 1. The lowest BCUT2D eigenvalue weighted by atomic mass is 9.90. The van der Waals surface area contributed by atoms with Gasteiger partial charge in [0.2, 0.25) is 5.91 Å². The summed E-state index contributed by atoms with van der Waals surface area (Å²) >= 11 is 0. The normalized spacial score (nSPS) is 31.1. The number of nitrogens with two attached hydrogens (primary N) is 2. The van der Waals surface area contributed by atoms with Gasteiger partial charge in [-0.2, -0.15) is 0 Å². The molecule has 0 saturated heterocycles. The van der Waals surface area contributed by atoms with Crippen molar-refractivity contribution in [1.29, 1.82) is 0 Å². The van der Waals surface area contributed by atoms with E-state index >= 15 is 0 Å². The quantitative estimate of drug-likeness (QED) is 0.598. The van der Waals surface area contributed by atoms with Crippen molar-refractivity contribution in [3.05, 3.63) is 24.0 Å². The third-order valence-corrected chi connectivity index (χ3v) is 2.20. The van der Waals surface area contributed by atoms with Gasteiger partial charge < -0.3 is 15.2 Å². The summed E-state index contributed by atoms with van der Waals surface area (Å²) in [5.41, 5.74) is 9.81. The molecule has 0 saturated carbocycles. The highest BCUT2D eigenvalue weighted by Gasteiger charge is 2.38. The van der Waals surface area contributed by atoms with E-state index in [1.807, 2.05) is 0 Å². The standard InChI is InChI=1S/C9H14N2O3/c1-13-6-3-4-7(8(10)12)9(11,5-6)14-2/h3-5,7H,11H2,1-2H3,(H2,10,12). The summed E-state index contributed by atoms with van der Waals surface area (Å²) in [6, 6.07) is 0. The summed E-state index contributed by atoms with van der Waals surface area (Å²) in [4.78, 5) is 11.1. The average molecular weight is 198 g/mol. The predicted molar refractivity (Wildman–Crippen MR) is 50.8 cm³/mol. The fraction of sp³-hybridized carbons (Fsp3) is 0.444. The van der Waals surface area contributed by atoms with Gasteiger partial charge in [-0.25, -0.2) is 0 Å². The van der Waals surface area contributed by atoms with Crippen LogP contribution >= 0.6 is 0 Å². The lowest BCUT2D eigenvalue weighted by Gasteiger charge is -2.32. The number of ether oxygens (including phenoxy) is 2. The Morgan fingerprint density at radius 1 is 1.57 bits per heavy atom. The summed E-state index contributed by atoms with van der Waals surface area (Å²) in [7, 11) is 2.93. The zero-order chi connectivity index (χ0) is 10.8. The smallest absolute Gasteiger partial charge is 0.229 e. The largest absolute Gasteiger partial charge is 0.497 e. The van der Waals surface area contributed by atoms with Crippen LogP contribution in [-0.2, 0) is 14.3 Å². The van der Waals surface area contributed by atoms with Gasteiger partial charge >= 0.3 is 0 Å². The maximum Gasteiger partial charge on any atom is 0.229 e. The minimum atomic E-state index is -1.22. The van der Waals surface area contributed by atoms with Crippen LogP contribution in [-0.4, -0.2) is 25.9 Å². The van der Waals surface area contributed by atoms with Crippen LogP contribution < -0.4 is 11.5 Å². The molecule has 0 spiro atoms. The van der Waals surface area contributed by atoms with Crippen LogP contribution in [0.4, 0.5) is 0 Å². The van der Waals surface area contributed by atoms with E-state index in [1.54, 1.807) is 12.2 Å². The summed E-state index contributed by atoms with van der Waals surface area (Å²) in [6.07, 6.45) is 4.74. The van der Waals surface area contributed by atoms with Crippen LogP contribution in [0.5, 0.6) is 0 Å². The van der Waals surface area contributed by atoms with E-state index in [2.05, 4.69) is 0 Å². The molecule has 0 fully saturated rings. The fourth-order valence-electron chi connectivity index (χ4n) is 1.33. The van der Waals surface area contributed by atoms with Crippen molar-refractivity contribution in [1.82, 2.24) is 0 Å². The molecular weight excluding hydrogens is 184 g/mol. The van der Waals surface area contributed by atoms with Crippen molar-refractivity contribution in [2.75, 3.05) is 14.2 Å². The molecule has 2 atom stereocenters. The third kappa shape index (κ3) is 1.78. The van der Waals surface area contributed by atoms with Gasteiger partial charge in [0.1, 0.15) is 11.7 Å². The lowest BCUT2D eigenvalue weighted by Crippen LogP contribution is -2.52. The highest BCUT2D eigenvalue weighted by atomic mass is 16.5. The number of carbonyl (C=O) groups is 1. The first kappa shape index (κ1) is 10.7. The summed E-state index contributed by atoms with van der Waals surface area (Å²) in [6.45, 7) is 0. The van der Waals surface area contributed by atoms with Crippen molar-refractivity contribution in [3.8, 4) is 0 Å². The molecular formula is C9H14N2O3. The molecule has 14 heavy (non-hydrogen) atoms. The Labute approximate surface area is 82.3 Å². The van der Waals surface area contributed by atoms with E-state index in [0.717, 1.165) is 0 Å². The highest BCUT2D eigenvalue weighted by molar-refractivity contribution is 5.80. The maximum atomic E-state index is 11.1. The van der Waals surface area contributed by atoms with E-state index in [1.165, 1.54) is 20.3 Å². The Morgan fingerprint density at radius 3 is 2.64 bits per heavy atom. The molecule has 0 aromatic carbocycles. The van der Waals surface area contributed by atoms with Gasteiger partial charge in [0.25, 0.3) is 0 Å². The molecule has 1 aliphatic rings. The zero-order valence-corrected chi connectivity index (χ0v) is 8.19. The number of primary amides is 1. The van der Waals surface area contributed by atoms with Gasteiger partial charge in [-0.1, -0.05) is 6.08 Å². The van der Waals surface area contributed by atoms with Gasteiger partial charge in [0, 0.05) is 13.2 Å². The van der Waals surface area contributed by atoms with Gasteiger partial charge in [-0.3, -0.25) is 10.5 Å². The van der Waals surface area contributed by atoms with Gasteiger partial charge in [0.05, 0.1) is 7.11 Å². The van der Waals surface area contributed by atoms with Gasteiger partial charge in [0.15, 0.2) is 5.72 Å². The highest BCUT2D eigenvalue weighted by Crippen LogP contribution is 2.25. The van der Waals surface area contributed by atoms with Crippen LogP contribution in [0.25, 0.3) is 0 Å². The molecule has 0 aromatic heterocycles. The van der Waals surface area contributed by atoms with Crippen LogP contribution in [0.3, 0.4) is 0 Å². The molecule has 1 aliphatic carbocycles. The third-order valence-electron chi connectivity index (χ3n) is 2.20. The SMILES string of the molecule is COC1=CC(N)(OC)C(C(N)=O)C=C1. The van der Waals surface area contributed by atoms with E-state index < -0.39 is 17.6 Å². The first-order valence-corrected chi connectivity index (χ1v) is 4.12. The molecule has 5 nitrogen and oxygen atoms in total. The first-order valence-electron chi connectivity index (χ1n) is 4.12. The number of rotatable bonds is 3. The summed E-state index contributed by atoms with van der Waals surface area (Å²) in [5.74, 6) is -0.657. The lowest BCUT2D eigenvalue weighted by molar-refractivity contribution is -0.127. The Balaban J connectivity index is 3.01. The van der Waals surface area contributed by atoms with Gasteiger partial charge in [-0.15, -0.1) is 0 Å². The number of allylic oxidation sites excluding steroid dienone is 1. The Hall–Kier alpha value is -1.33. The molecule has 0 heterocycles. The fourth-order valence-corrected chi connectivity index (χ4v) is 1.33. The van der Waals surface area contributed by atoms with Crippen LogP contribution in [0.15, 0.2) is 24.0 Å². The second-order valence-corrected chi connectivity index (χ2v) is 3.05. The number of methoxy groups -OCH3 is 2. The minimum absolute atomic E-state index is 0.531. The molecule has 1 amide bonds. The second-order valence-electron chi connectivity index (χ2n) is 3.05. The maximum absolute atomic E-state index is 11.1. The molecule has 0 bridgehead atoms. The zero-order valence-electron chi connectivity index (χ0n) is 8.19. The van der Waals surface area contributed by atoms with Crippen molar-refractivity contribution in [2.45, 2.75) is 5.72 Å². The number of hydrogen-bond donors (Lipinski definition) is 2. The monoisotopic (exact) mass is 198 g/mol. The number of hydrogen-bond acceptors (Lipinski definition) is 4. The Morgan fingerprint density at radius 2 is 2.21 bits per heavy atom. The van der Waals surface area contributed by atoms with Crippen LogP contribution in [0.2, 0.25) is 0 Å². The van der Waals surface area contributed by atoms with E-state index in [9.17, 15) is 4.79 Å². The molecule has 2 unspecified atom stereocenters. The first-order chi connectivity index (χ1) is 6.53. The van der Waals surface area contributed by atoms with Crippen molar-refractivity contribution < 1.29 is 14.3 Å². The number of carbonyl (C=O) groups excluding carboxylic acids is 1. The van der Waals surface area contributed by atoms with Crippen LogP contribution in [0, 0.1) is 5.92 Å². The van der Waals surface area contributed by atoms with Crippen LogP contribution in [0.1, 0.15) is 0 Å². The summed E-state index contributed by atoms with van der Waals surface area (Å²) in [5, 5.41) is 0. The van der Waals surface area contributed by atoms with E-state index in [4.69, 9.17) is 20.9 Å². The molecule has 0 aromatic rings. The molecule has 1 rings (SSSR count). The van der Waals surface area contributed by atoms with Crippen molar-refractivity contribution in [2.24, 2.45) is 17.4 Å². The molecule has 0 radical (unpaired) electrons. The molecule has 4 N–H and O–H groups in total. The topological polar surface area (TPSA) is 87.6 Å². The van der Waals surface area contributed by atoms with E-state index in [-0.39, 0.29) is 0 Å². The molecule has 78 valence electrons. The molecule has 0 aliphatic heterocycles. The van der Waals surface area contributed by atoms with Crippen molar-refractivity contribution in [3.63, 3.8) is 0 Å². The second kappa shape index (κ2) is 3.81. The minimum Gasteiger partial charge on any atom is -0.497 e. The molecule has 5 heteroatoms. The predicted octanol–water partition coefficient (Wildman–Crippen LogP) is -0.511. The van der Waals surface area contributed by atoms with Gasteiger partial charge in [-0.05, 0) is 6.08 Å². The van der Waals surface area contributed by atoms with Crippen molar-refractivity contribution >= 4 is 5.91 Å². The Bertz CT molecular complexity index is 298. The average Bonchev–Trinajstić information content (AvgIpc) is 2.17. The van der Waals surface area contributed by atoms with E-state index in [0.29, 0.717) is 5.76 Å². The summed E-state index contributed by atoms with van der Waals surface area (Å²) < 4.78 is 10.0.